The van der Waals surface area contributed by atoms with Crippen molar-refractivity contribution in [3.63, 3.8) is 0 Å². The van der Waals surface area contributed by atoms with Crippen molar-refractivity contribution in [3.05, 3.63) is 27.2 Å². The first-order chi connectivity index (χ1) is 8.60. The topological polar surface area (TPSA) is 63.1 Å². The van der Waals surface area contributed by atoms with E-state index < -0.39 is 5.97 Å². The summed E-state index contributed by atoms with van der Waals surface area (Å²) in [7, 11) is 0. The summed E-state index contributed by atoms with van der Waals surface area (Å²) in [4.78, 5) is 16.7. The summed E-state index contributed by atoms with van der Waals surface area (Å²) in [5.41, 5.74) is 1.07. The van der Waals surface area contributed by atoms with Crippen LogP contribution in [0.15, 0.2) is 10.4 Å². The molecule has 18 heavy (non-hydrogen) atoms. The molecule has 96 valence electrons. The van der Waals surface area contributed by atoms with E-state index in [0.29, 0.717) is 4.88 Å². The van der Waals surface area contributed by atoms with E-state index in [1.807, 2.05) is 13.8 Å². The molecule has 0 saturated carbocycles. The van der Waals surface area contributed by atoms with E-state index in [0.717, 1.165) is 32.8 Å². The number of thioether (sulfide) groups is 1. The van der Waals surface area contributed by atoms with E-state index >= 15 is 0 Å². The maximum Gasteiger partial charge on any atom is 0.345 e. The van der Waals surface area contributed by atoms with Crippen LogP contribution in [0.2, 0.25) is 0 Å². The Morgan fingerprint density at radius 2 is 2.33 bits per heavy atom. The number of aromatic nitrogens is 2. The lowest BCUT2D eigenvalue weighted by molar-refractivity contribution is 0.0702. The van der Waals surface area contributed by atoms with Crippen LogP contribution in [-0.4, -0.2) is 20.4 Å². The highest BCUT2D eigenvalue weighted by Crippen LogP contribution is 2.29. The zero-order chi connectivity index (χ0) is 13.1. The molecule has 7 heteroatoms. The summed E-state index contributed by atoms with van der Waals surface area (Å²) in [6.45, 7) is 3.98. The molecule has 0 aliphatic rings. The number of nitrogens with zero attached hydrogens (tertiary/aromatic N) is 2. The molecular weight excluding hydrogens is 288 g/mol. The number of rotatable bonds is 5. The maximum atomic E-state index is 10.9. The van der Waals surface area contributed by atoms with Crippen molar-refractivity contribution >= 4 is 40.6 Å². The lowest BCUT2D eigenvalue weighted by atomic mass is 10.3. The second-order valence-electron chi connectivity index (χ2n) is 3.62. The van der Waals surface area contributed by atoms with Crippen LogP contribution in [0, 0.1) is 6.92 Å². The average Bonchev–Trinajstić information content (AvgIpc) is 2.93. The fourth-order valence-electron chi connectivity index (χ4n) is 1.35. The Balaban J connectivity index is 2.03. The quantitative estimate of drug-likeness (QED) is 0.857. The third-order valence-corrected chi connectivity index (χ3v) is 5.35. The smallest absolute Gasteiger partial charge is 0.345 e. The number of aromatic carboxylic acids is 1. The molecule has 0 unspecified atom stereocenters. The molecule has 0 saturated heterocycles. The lowest BCUT2D eigenvalue weighted by Crippen LogP contribution is -1.90. The van der Waals surface area contributed by atoms with Gasteiger partial charge in [0.15, 0.2) is 4.34 Å². The number of hydrogen-bond acceptors (Lipinski definition) is 6. The highest BCUT2D eigenvalue weighted by Gasteiger charge is 2.12. The molecule has 0 aliphatic carbocycles. The third kappa shape index (κ3) is 3.09. The molecule has 2 aromatic rings. The molecule has 4 nitrogen and oxygen atoms in total. The Bertz CT molecular complexity index is 562. The van der Waals surface area contributed by atoms with Crippen molar-refractivity contribution in [3.8, 4) is 0 Å². The first-order valence-electron chi connectivity index (χ1n) is 5.38. The fraction of sp³-hybridized carbons (Fsp3) is 0.364. The minimum Gasteiger partial charge on any atom is -0.477 e. The van der Waals surface area contributed by atoms with Gasteiger partial charge in [-0.2, -0.15) is 4.37 Å². The number of thiophene rings is 1. The molecule has 0 amide bonds. The number of carboxylic acids is 1. The summed E-state index contributed by atoms with van der Waals surface area (Å²) in [5.74, 6) is 0.757. The summed E-state index contributed by atoms with van der Waals surface area (Å²) < 4.78 is 5.16. The van der Waals surface area contributed by atoms with Gasteiger partial charge in [0, 0.05) is 17.1 Å². The Kier molecular flexibility index (Phi) is 4.36. The van der Waals surface area contributed by atoms with Gasteiger partial charge in [-0.1, -0.05) is 18.7 Å². The number of aryl methyl sites for hydroxylation is 2. The van der Waals surface area contributed by atoms with Crippen molar-refractivity contribution in [2.75, 3.05) is 0 Å². The SMILES string of the molecule is CCc1nsc(SCc2cc(C(=O)O)sc2C)n1. The number of carboxylic acid groups (broad SMARTS) is 1. The van der Waals surface area contributed by atoms with Gasteiger partial charge < -0.3 is 5.11 Å². The minimum absolute atomic E-state index is 0.398. The normalized spacial score (nSPS) is 10.8. The number of hydrogen-bond donors (Lipinski definition) is 1. The van der Waals surface area contributed by atoms with Crippen LogP contribution in [0.25, 0.3) is 0 Å². The summed E-state index contributed by atoms with van der Waals surface area (Å²) >= 11 is 4.33. The zero-order valence-corrected chi connectivity index (χ0v) is 12.4. The minimum atomic E-state index is -0.858. The molecule has 0 spiro atoms. The van der Waals surface area contributed by atoms with Gasteiger partial charge in [-0.3, -0.25) is 0 Å². The zero-order valence-electron chi connectivity index (χ0n) is 9.97. The first kappa shape index (κ1) is 13.5. The molecule has 0 aliphatic heterocycles. The first-order valence-corrected chi connectivity index (χ1v) is 7.95. The largest absolute Gasteiger partial charge is 0.477 e. The second kappa shape index (κ2) is 5.81. The van der Waals surface area contributed by atoms with Gasteiger partial charge in [0.2, 0.25) is 0 Å². The van der Waals surface area contributed by atoms with E-state index in [4.69, 9.17) is 5.11 Å². The Morgan fingerprint density at radius 3 is 2.89 bits per heavy atom. The molecule has 0 atom stereocenters. The molecule has 2 heterocycles. The van der Waals surface area contributed by atoms with Gasteiger partial charge in [-0.05, 0) is 30.1 Å². The standard InChI is InChI=1S/C11H12N2O2S3/c1-3-9-12-11(18-13-9)16-5-7-4-8(10(14)15)17-6(7)2/h4H,3,5H2,1-2H3,(H,14,15). The van der Waals surface area contributed by atoms with Crippen LogP contribution in [-0.2, 0) is 12.2 Å². The molecule has 0 aromatic carbocycles. The van der Waals surface area contributed by atoms with Gasteiger partial charge in [-0.15, -0.1) is 11.3 Å². The highest BCUT2D eigenvalue weighted by atomic mass is 32.2. The molecule has 2 rings (SSSR count). The van der Waals surface area contributed by atoms with Gasteiger partial charge in [0.1, 0.15) is 10.7 Å². The molecule has 2 aromatic heterocycles. The third-order valence-electron chi connectivity index (χ3n) is 2.35. The van der Waals surface area contributed by atoms with Crippen molar-refractivity contribution in [2.45, 2.75) is 30.4 Å². The van der Waals surface area contributed by atoms with Crippen LogP contribution in [0.4, 0.5) is 0 Å². The van der Waals surface area contributed by atoms with Crippen molar-refractivity contribution in [1.82, 2.24) is 9.36 Å². The van der Waals surface area contributed by atoms with Gasteiger partial charge in [0.25, 0.3) is 0 Å². The van der Waals surface area contributed by atoms with Crippen LogP contribution >= 0.6 is 34.6 Å². The highest BCUT2D eigenvalue weighted by molar-refractivity contribution is 8.00. The summed E-state index contributed by atoms with van der Waals surface area (Å²) in [6, 6.07) is 1.75. The number of carbonyl (C=O) groups is 1. The van der Waals surface area contributed by atoms with Gasteiger partial charge in [-0.25, -0.2) is 9.78 Å². The Labute approximate surface area is 117 Å². The van der Waals surface area contributed by atoms with Crippen LogP contribution in [0.3, 0.4) is 0 Å². The summed E-state index contributed by atoms with van der Waals surface area (Å²) in [5, 5.41) is 8.93. The second-order valence-corrected chi connectivity index (χ2v) is 6.85. The molecule has 0 bridgehead atoms. The maximum absolute atomic E-state index is 10.9. The predicted molar refractivity (Wildman–Crippen MR) is 74.9 cm³/mol. The molecule has 1 N–H and O–H groups in total. The predicted octanol–water partition coefficient (Wildman–Crippen LogP) is 3.46. The Morgan fingerprint density at radius 1 is 1.56 bits per heavy atom. The molecular formula is C11H12N2O2S3. The van der Waals surface area contributed by atoms with Crippen LogP contribution in [0.5, 0.6) is 0 Å². The van der Waals surface area contributed by atoms with E-state index in [1.54, 1.807) is 17.8 Å². The molecule has 0 radical (unpaired) electrons. The van der Waals surface area contributed by atoms with Gasteiger partial charge in [0.05, 0.1) is 0 Å². The van der Waals surface area contributed by atoms with Crippen molar-refractivity contribution in [1.29, 1.82) is 0 Å². The van der Waals surface area contributed by atoms with E-state index in [2.05, 4.69) is 9.36 Å². The average molecular weight is 300 g/mol. The van der Waals surface area contributed by atoms with Crippen molar-refractivity contribution in [2.24, 2.45) is 0 Å². The van der Waals surface area contributed by atoms with Gasteiger partial charge >= 0.3 is 5.97 Å². The fourth-order valence-corrected chi connectivity index (χ4v) is 4.07. The lowest BCUT2D eigenvalue weighted by Gasteiger charge is -1.95. The van der Waals surface area contributed by atoms with E-state index in [-0.39, 0.29) is 0 Å². The van der Waals surface area contributed by atoms with Crippen LogP contribution in [0.1, 0.15) is 32.9 Å². The van der Waals surface area contributed by atoms with Crippen LogP contribution < -0.4 is 0 Å². The molecule has 0 fully saturated rings. The summed E-state index contributed by atoms with van der Waals surface area (Å²) in [6.07, 6.45) is 0.845. The van der Waals surface area contributed by atoms with Crippen molar-refractivity contribution < 1.29 is 9.90 Å². The Hall–Kier alpha value is -0.920. The van der Waals surface area contributed by atoms with E-state index in [9.17, 15) is 4.79 Å². The van der Waals surface area contributed by atoms with E-state index in [1.165, 1.54) is 22.9 Å². The monoisotopic (exact) mass is 300 g/mol.